The van der Waals surface area contributed by atoms with Crippen molar-refractivity contribution in [2.24, 2.45) is 17.8 Å². The minimum atomic E-state index is -0.225. The van der Waals surface area contributed by atoms with E-state index >= 15 is 0 Å². The van der Waals surface area contributed by atoms with Gasteiger partial charge >= 0.3 is 0 Å². The Morgan fingerprint density at radius 1 is 0.702 bits per heavy atom. The van der Waals surface area contributed by atoms with Crippen LogP contribution in [0.1, 0.15) is 141 Å². The number of Topliss-reactive ketones (excluding diaryl/α,β-unsaturated/α-hetero) is 1. The van der Waals surface area contributed by atoms with Crippen molar-refractivity contribution in [3.8, 4) is 0 Å². The van der Waals surface area contributed by atoms with Crippen molar-refractivity contribution in [2.45, 2.75) is 159 Å². The highest BCUT2D eigenvalue weighted by atomic mass is 32.2. The second-order valence-corrected chi connectivity index (χ2v) is 14.7. The van der Waals surface area contributed by atoms with Crippen molar-refractivity contribution in [3.05, 3.63) is 0 Å². The van der Waals surface area contributed by atoms with E-state index in [0.717, 1.165) is 50.2 Å². The summed E-state index contributed by atoms with van der Waals surface area (Å²) in [5.74, 6) is 3.31. The Bertz CT molecular complexity index is 762. The number of thioether (sulfide) groups is 1. The highest BCUT2D eigenvalue weighted by molar-refractivity contribution is 8.00. The van der Waals surface area contributed by atoms with Gasteiger partial charge in [-0.2, -0.15) is 0 Å². The van der Waals surface area contributed by atoms with Crippen LogP contribution in [0.4, 0.5) is 0 Å². The quantitative estimate of drug-likeness (QED) is 0.0892. The summed E-state index contributed by atoms with van der Waals surface area (Å²) >= 11 is 1.62. The Balaban J connectivity index is -0.000000309. The molecule has 0 saturated heterocycles. The van der Waals surface area contributed by atoms with E-state index in [0.29, 0.717) is 51.0 Å². The molecule has 0 bridgehead atoms. The Morgan fingerprint density at radius 2 is 1.17 bits per heavy atom. The molecule has 0 aliphatic carbocycles. The zero-order valence-electron chi connectivity index (χ0n) is 31.7. The second kappa shape index (κ2) is 35.7. The molecule has 2 unspecified atom stereocenters. The van der Waals surface area contributed by atoms with E-state index < -0.39 is 0 Å². The summed E-state index contributed by atoms with van der Waals surface area (Å²) in [5, 5.41) is 8.63. The molecule has 0 heterocycles. The summed E-state index contributed by atoms with van der Waals surface area (Å²) in [7, 11) is 1.63. The predicted molar refractivity (Wildman–Crippen MR) is 202 cm³/mol. The maximum absolute atomic E-state index is 11.9. The van der Waals surface area contributed by atoms with Crippen LogP contribution < -0.4 is 16.0 Å². The number of carbonyl (C=O) groups excluding carboxylic acids is 4. The molecule has 0 saturated carbocycles. The largest absolute Gasteiger partial charge is 0.383 e. The summed E-state index contributed by atoms with van der Waals surface area (Å²) in [6.45, 7) is 24.9. The minimum absolute atomic E-state index is 0. The number of ether oxygens (including phenoxy) is 2. The van der Waals surface area contributed by atoms with Gasteiger partial charge < -0.3 is 25.4 Å². The number of hydrogen-bond acceptors (Lipinski definition) is 7. The summed E-state index contributed by atoms with van der Waals surface area (Å²) in [6.07, 6.45) is 8.20. The molecule has 0 fully saturated rings. The van der Waals surface area contributed by atoms with Crippen LogP contribution in [0.15, 0.2) is 0 Å². The number of methoxy groups -OCH3 is 1. The monoisotopic (exact) mass is 692 g/mol. The molecule has 0 aromatic carbocycles. The molecule has 0 aliphatic heterocycles. The molecule has 2 atom stereocenters. The fourth-order valence-corrected chi connectivity index (χ4v) is 4.79. The van der Waals surface area contributed by atoms with Gasteiger partial charge in [0.25, 0.3) is 0 Å². The van der Waals surface area contributed by atoms with Crippen molar-refractivity contribution < 1.29 is 28.7 Å². The molecule has 10 heteroatoms. The second-order valence-electron chi connectivity index (χ2n) is 13.4. The van der Waals surface area contributed by atoms with Crippen LogP contribution in [0.25, 0.3) is 0 Å². The summed E-state index contributed by atoms with van der Waals surface area (Å²) < 4.78 is 10.1. The van der Waals surface area contributed by atoms with Crippen LogP contribution in [-0.2, 0) is 28.7 Å². The molecule has 0 rings (SSSR count). The molecule has 0 aliphatic rings. The van der Waals surface area contributed by atoms with E-state index in [1.54, 1.807) is 32.7 Å². The predicted octanol–water partition coefficient (Wildman–Crippen LogP) is 7.59. The Morgan fingerprint density at radius 3 is 1.57 bits per heavy atom. The molecule has 3 N–H and O–H groups in total. The standard InChI is InChI=1S/C16H32N2O2S.C10H21NO2.C10H20O2.CH4/c1-6-14(16(20)18-13(4)5)21-11-10-17-15(19)9-7-8-12(2)3;1-9(2)5-4-6-10(12)11-7-8-13-3;1-8(2)6-5-7-12-10(4)9(3)11;/h12-14H,6-11H2,1-5H3,(H,17,19)(H,18,20);9H,4-8H2,1-3H3,(H,11,12);8,10H,5-7H2,1-4H3;1H4. The van der Waals surface area contributed by atoms with Crippen LogP contribution in [0.2, 0.25) is 0 Å². The van der Waals surface area contributed by atoms with Gasteiger partial charge in [-0.05, 0) is 77.6 Å². The molecule has 0 aromatic rings. The van der Waals surface area contributed by atoms with Gasteiger partial charge in [0.2, 0.25) is 17.7 Å². The van der Waals surface area contributed by atoms with Crippen molar-refractivity contribution in [1.29, 1.82) is 0 Å². The Kier molecular flexibility index (Phi) is 39.6. The van der Waals surface area contributed by atoms with Gasteiger partial charge in [0, 0.05) is 51.4 Å². The maximum Gasteiger partial charge on any atom is 0.233 e. The van der Waals surface area contributed by atoms with E-state index in [1.165, 1.54) is 6.42 Å². The maximum atomic E-state index is 11.9. The van der Waals surface area contributed by atoms with Crippen LogP contribution in [0.5, 0.6) is 0 Å². The topological polar surface area (TPSA) is 123 Å². The van der Waals surface area contributed by atoms with Gasteiger partial charge in [-0.1, -0.05) is 68.7 Å². The molecular weight excluding hydrogens is 614 g/mol. The normalized spacial score (nSPS) is 11.9. The van der Waals surface area contributed by atoms with Crippen LogP contribution in [0.3, 0.4) is 0 Å². The number of carbonyl (C=O) groups is 4. The zero-order valence-corrected chi connectivity index (χ0v) is 32.5. The SMILES string of the molecule is C.CC(=O)C(C)OCCCC(C)C.CCC(SCCNC(=O)CCCC(C)C)C(=O)NC(C)C.COCCNC(=O)CCCC(C)C. The first-order valence-electron chi connectivity index (χ1n) is 17.6. The average molecular weight is 692 g/mol. The smallest absolute Gasteiger partial charge is 0.233 e. The molecule has 3 amide bonds. The molecule has 0 aromatic heterocycles. The lowest BCUT2D eigenvalue weighted by atomic mass is 10.1. The summed E-state index contributed by atoms with van der Waals surface area (Å²) in [6, 6.07) is 0.174. The molecule has 282 valence electrons. The van der Waals surface area contributed by atoms with Gasteiger partial charge in [-0.25, -0.2) is 0 Å². The molecule has 9 nitrogen and oxygen atoms in total. The molecule has 0 radical (unpaired) electrons. The van der Waals surface area contributed by atoms with Gasteiger partial charge in [0.1, 0.15) is 6.10 Å². The third kappa shape index (κ3) is 42.3. The third-order valence-corrected chi connectivity index (χ3v) is 8.09. The van der Waals surface area contributed by atoms with E-state index in [4.69, 9.17) is 9.47 Å². The fourth-order valence-electron chi connectivity index (χ4n) is 3.83. The average Bonchev–Trinajstić information content (AvgIpc) is 2.95. The Hall–Kier alpha value is -1.65. The Labute approximate surface area is 295 Å². The highest BCUT2D eigenvalue weighted by Gasteiger charge is 2.17. The van der Waals surface area contributed by atoms with Crippen LogP contribution in [-0.4, -0.2) is 80.1 Å². The van der Waals surface area contributed by atoms with Crippen molar-refractivity contribution in [2.75, 3.05) is 39.2 Å². The van der Waals surface area contributed by atoms with Gasteiger partial charge in [0.05, 0.1) is 11.9 Å². The number of rotatable bonds is 24. The third-order valence-electron chi connectivity index (χ3n) is 6.70. The van der Waals surface area contributed by atoms with E-state index in [2.05, 4.69) is 57.5 Å². The van der Waals surface area contributed by atoms with Crippen molar-refractivity contribution in [1.82, 2.24) is 16.0 Å². The first-order chi connectivity index (χ1) is 21.6. The number of hydrogen-bond donors (Lipinski definition) is 3. The van der Waals surface area contributed by atoms with E-state index in [9.17, 15) is 19.2 Å². The van der Waals surface area contributed by atoms with Gasteiger partial charge in [0.15, 0.2) is 5.78 Å². The van der Waals surface area contributed by atoms with Crippen LogP contribution >= 0.6 is 11.8 Å². The zero-order chi connectivity index (χ0) is 35.9. The lowest BCUT2D eigenvalue weighted by Gasteiger charge is -2.16. The molecule has 47 heavy (non-hydrogen) atoms. The van der Waals surface area contributed by atoms with E-state index in [1.807, 2.05) is 20.8 Å². The number of nitrogens with one attached hydrogen (secondary N) is 3. The van der Waals surface area contributed by atoms with Gasteiger partial charge in [-0.3, -0.25) is 19.2 Å². The lowest BCUT2D eigenvalue weighted by molar-refractivity contribution is -0.127. The lowest BCUT2D eigenvalue weighted by Crippen LogP contribution is -2.37. The first kappa shape index (κ1) is 52.2. The molecular formula is C37H77N3O6S. The number of ketones is 1. The summed E-state index contributed by atoms with van der Waals surface area (Å²) in [5.41, 5.74) is 0. The van der Waals surface area contributed by atoms with E-state index in [-0.39, 0.29) is 48.3 Å². The number of amides is 3. The minimum Gasteiger partial charge on any atom is -0.383 e. The summed E-state index contributed by atoms with van der Waals surface area (Å²) in [4.78, 5) is 45.4. The molecule has 0 spiro atoms. The first-order valence-corrected chi connectivity index (χ1v) is 18.7. The highest BCUT2D eigenvalue weighted by Crippen LogP contribution is 2.14. The van der Waals surface area contributed by atoms with Crippen molar-refractivity contribution >= 4 is 35.3 Å². The van der Waals surface area contributed by atoms with Crippen LogP contribution in [0, 0.1) is 17.8 Å². The van der Waals surface area contributed by atoms with Gasteiger partial charge in [-0.15, -0.1) is 11.8 Å². The van der Waals surface area contributed by atoms with Crippen molar-refractivity contribution in [3.63, 3.8) is 0 Å². The fraction of sp³-hybridized carbons (Fsp3) is 0.892.